The van der Waals surface area contributed by atoms with Crippen LogP contribution in [0.4, 0.5) is 0 Å². The molecule has 0 aromatic heterocycles. The molecule has 70 valence electrons. The van der Waals surface area contributed by atoms with Crippen LogP contribution in [0.3, 0.4) is 0 Å². The Morgan fingerprint density at radius 1 is 1.07 bits per heavy atom. The fraction of sp³-hybridized carbons (Fsp3) is 0.250. The van der Waals surface area contributed by atoms with E-state index in [-0.39, 0.29) is 0 Å². The lowest BCUT2D eigenvalue weighted by atomic mass is 10.0. The number of nitrogens with one attached hydrogen (secondary N) is 2. The Morgan fingerprint density at radius 2 is 1.86 bits per heavy atom. The van der Waals surface area contributed by atoms with E-state index in [1.807, 2.05) is 6.07 Å². The zero-order chi connectivity index (χ0) is 9.54. The average molecular weight is 184 g/mol. The van der Waals surface area contributed by atoms with Crippen LogP contribution in [0, 0.1) is 5.41 Å². The van der Waals surface area contributed by atoms with Gasteiger partial charge in [-0.3, -0.25) is 5.41 Å². The highest BCUT2D eigenvalue weighted by molar-refractivity contribution is 6.22. The molecular formula is C12H12N2. The van der Waals surface area contributed by atoms with E-state index in [0.717, 1.165) is 30.8 Å². The summed E-state index contributed by atoms with van der Waals surface area (Å²) in [5.41, 5.74) is 5.72. The second-order valence-electron chi connectivity index (χ2n) is 3.80. The first-order valence-electron chi connectivity index (χ1n) is 4.99. The third kappa shape index (κ3) is 0.917. The van der Waals surface area contributed by atoms with Gasteiger partial charge in [0, 0.05) is 12.1 Å². The molecule has 0 radical (unpaired) electrons. The van der Waals surface area contributed by atoms with Crippen LogP contribution >= 0.6 is 0 Å². The summed E-state index contributed by atoms with van der Waals surface area (Å²) in [7, 11) is 0. The number of fused-ring (bicyclic) bond motifs is 2. The van der Waals surface area contributed by atoms with Gasteiger partial charge in [0.25, 0.3) is 0 Å². The van der Waals surface area contributed by atoms with Gasteiger partial charge in [0.2, 0.25) is 0 Å². The van der Waals surface area contributed by atoms with E-state index in [9.17, 15) is 0 Å². The molecule has 0 saturated heterocycles. The number of hydrogen-bond acceptors (Lipinski definition) is 2. The molecule has 2 heteroatoms. The van der Waals surface area contributed by atoms with Crippen molar-refractivity contribution in [2.75, 3.05) is 13.1 Å². The molecule has 1 heterocycles. The molecule has 2 nitrogen and oxygen atoms in total. The van der Waals surface area contributed by atoms with Crippen molar-refractivity contribution >= 4 is 11.3 Å². The summed E-state index contributed by atoms with van der Waals surface area (Å²) in [5.74, 6) is 0. The minimum Gasteiger partial charge on any atom is -0.312 e. The van der Waals surface area contributed by atoms with Gasteiger partial charge in [0.1, 0.15) is 0 Å². The fourth-order valence-corrected chi connectivity index (χ4v) is 2.35. The Kier molecular flexibility index (Phi) is 1.58. The minimum absolute atomic E-state index is 0.725. The van der Waals surface area contributed by atoms with Crippen LogP contribution in [0.25, 0.3) is 5.57 Å². The molecule has 0 fully saturated rings. The molecule has 0 spiro atoms. The Bertz CT molecular complexity index is 443. The van der Waals surface area contributed by atoms with Crippen molar-refractivity contribution in [1.29, 1.82) is 5.41 Å². The molecule has 1 aliphatic carbocycles. The van der Waals surface area contributed by atoms with Crippen molar-refractivity contribution in [3.8, 4) is 0 Å². The standard InChI is InChI=1S/C12H12N2/c13-12-10-4-2-1-3-8(10)9-5-6-14-7-11(9)12/h1-4,13-14H,5-7H2. The van der Waals surface area contributed by atoms with E-state index >= 15 is 0 Å². The summed E-state index contributed by atoms with van der Waals surface area (Å²) < 4.78 is 0. The van der Waals surface area contributed by atoms with Crippen molar-refractivity contribution in [3.63, 3.8) is 0 Å². The van der Waals surface area contributed by atoms with Crippen LogP contribution in [-0.4, -0.2) is 18.8 Å². The van der Waals surface area contributed by atoms with Crippen LogP contribution in [0.15, 0.2) is 29.8 Å². The van der Waals surface area contributed by atoms with Gasteiger partial charge < -0.3 is 5.32 Å². The Labute approximate surface area is 83.2 Å². The average Bonchev–Trinajstić information content (AvgIpc) is 2.55. The van der Waals surface area contributed by atoms with E-state index in [1.54, 1.807) is 0 Å². The van der Waals surface area contributed by atoms with Gasteiger partial charge in [0.05, 0.1) is 5.71 Å². The van der Waals surface area contributed by atoms with Crippen molar-refractivity contribution in [2.24, 2.45) is 0 Å². The quantitative estimate of drug-likeness (QED) is 0.634. The van der Waals surface area contributed by atoms with E-state index in [0.29, 0.717) is 0 Å². The minimum atomic E-state index is 0.725. The summed E-state index contributed by atoms with van der Waals surface area (Å²) in [4.78, 5) is 0. The van der Waals surface area contributed by atoms with Crippen LogP contribution < -0.4 is 5.32 Å². The smallest absolute Gasteiger partial charge is 0.0666 e. The van der Waals surface area contributed by atoms with Crippen molar-refractivity contribution in [3.05, 3.63) is 41.0 Å². The molecular weight excluding hydrogens is 172 g/mol. The summed E-state index contributed by atoms with van der Waals surface area (Å²) in [6.45, 7) is 1.91. The monoisotopic (exact) mass is 184 g/mol. The lowest BCUT2D eigenvalue weighted by Crippen LogP contribution is -2.25. The molecule has 3 rings (SSSR count). The molecule has 0 unspecified atom stereocenters. The molecule has 0 bridgehead atoms. The molecule has 0 atom stereocenters. The number of hydrogen-bond donors (Lipinski definition) is 2. The SMILES string of the molecule is N=C1C2=C(CCNC2)c2ccccc21. The van der Waals surface area contributed by atoms with Gasteiger partial charge in [-0.15, -0.1) is 0 Å². The first-order chi connectivity index (χ1) is 6.88. The zero-order valence-electron chi connectivity index (χ0n) is 7.93. The molecule has 2 aliphatic rings. The van der Waals surface area contributed by atoms with Crippen molar-refractivity contribution in [1.82, 2.24) is 5.32 Å². The van der Waals surface area contributed by atoms with Crippen LogP contribution in [0.5, 0.6) is 0 Å². The van der Waals surface area contributed by atoms with E-state index in [1.165, 1.54) is 16.7 Å². The molecule has 2 N–H and O–H groups in total. The van der Waals surface area contributed by atoms with Crippen LogP contribution in [-0.2, 0) is 0 Å². The molecule has 14 heavy (non-hydrogen) atoms. The predicted molar refractivity (Wildman–Crippen MR) is 57.7 cm³/mol. The largest absolute Gasteiger partial charge is 0.312 e. The van der Waals surface area contributed by atoms with Crippen LogP contribution in [0.1, 0.15) is 17.5 Å². The molecule has 0 saturated carbocycles. The highest BCUT2D eigenvalue weighted by atomic mass is 14.9. The maximum absolute atomic E-state index is 8.06. The number of rotatable bonds is 0. The molecule has 1 aliphatic heterocycles. The Morgan fingerprint density at radius 3 is 2.71 bits per heavy atom. The summed E-state index contributed by atoms with van der Waals surface area (Å²) in [6.07, 6.45) is 1.06. The van der Waals surface area contributed by atoms with Gasteiger partial charge in [-0.2, -0.15) is 0 Å². The second-order valence-corrected chi connectivity index (χ2v) is 3.80. The van der Waals surface area contributed by atoms with Crippen molar-refractivity contribution < 1.29 is 0 Å². The maximum atomic E-state index is 8.06. The molecule has 0 amide bonds. The lowest BCUT2D eigenvalue weighted by molar-refractivity contribution is 0.730. The van der Waals surface area contributed by atoms with Gasteiger partial charge in [-0.25, -0.2) is 0 Å². The Balaban J connectivity index is 2.23. The van der Waals surface area contributed by atoms with Gasteiger partial charge >= 0.3 is 0 Å². The van der Waals surface area contributed by atoms with Crippen molar-refractivity contribution in [2.45, 2.75) is 6.42 Å². The first kappa shape index (κ1) is 7.94. The molecule has 1 aromatic carbocycles. The fourth-order valence-electron chi connectivity index (χ4n) is 2.35. The number of benzene rings is 1. The summed E-state index contributed by atoms with van der Waals surface area (Å²) in [5, 5.41) is 11.4. The summed E-state index contributed by atoms with van der Waals surface area (Å²) >= 11 is 0. The van der Waals surface area contributed by atoms with Gasteiger partial charge in [-0.1, -0.05) is 24.3 Å². The molecule has 1 aromatic rings. The highest BCUT2D eigenvalue weighted by Gasteiger charge is 2.27. The van der Waals surface area contributed by atoms with Gasteiger partial charge in [0.15, 0.2) is 0 Å². The second kappa shape index (κ2) is 2.79. The predicted octanol–water partition coefficient (Wildman–Crippen LogP) is 1.81. The van der Waals surface area contributed by atoms with E-state index < -0.39 is 0 Å². The third-order valence-corrected chi connectivity index (χ3v) is 3.04. The maximum Gasteiger partial charge on any atom is 0.0666 e. The summed E-state index contributed by atoms with van der Waals surface area (Å²) in [6, 6.07) is 8.26. The highest BCUT2D eigenvalue weighted by Crippen LogP contribution is 2.35. The Hall–Kier alpha value is -1.41. The van der Waals surface area contributed by atoms with Crippen LogP contribution in [0.2, 0.25) is 0 Å². The third-order valence-electron chi connectivity index (χ3n) is 3.04. The lowest BCUT2D eigenvalue weighted by Gasteiger charge is -2.15. The zero-order valence-corrected chi connectivity index (χ0v) is 7.93. The van der Waals surface area contributed by atoms with Gasteiger partial charge in [-0.05, 0) is 29.7 Å². The first-order valence-corrected chi connectivity index (χ1v) is 4.99. The topological polar surface area (TPSA) is 35.9 Å². The van der Waals surface area contributed by atoms with E-state index in [2.05, 4.69) is 23.5 Å². The normalized spacial score (nSPS) is 19.6. The van der Waals surface area contributed by atoms with E-state index in [4.69, 9.17) is 5.41 Å².